The number of benzene rings is 2. The number of nitrogens with one attached hydrogen (secondary N) is 2. The maximum atomic E-state index is 14.0. The van der Waals surface area contributed by atoms with Gasteiger partial charge >= 0.3 is 12.1 Å². The Kier molecular flexibility index (Phi) is 13.9. The van der Waals surface area contributed by atoms with Crippen LogP contribution >= 0.6 is 11.6 Å². The zero-order valence-corrected chi connectivity index (χ0v) is 34.1. The number of carbonyl (C=O) groups is 3. The molecule has 2 aromatic carbocycles. The van der Waals surface area contributed by atoms with Gasteiger partial charge in [0.1, 0.15) is 17.5 Å². The zero-order chi connectivity index (χ0) is 39.9. The molecule has 1 aliphatic heterocycles. The largest absolute Gasteiger partial charge is 0.493 e. The average Bonchev–Trinajstić information content (AvgIpc) is 3.13. The van der Waals surface area contributed by atoms with Gasteiger partial charge in [-0.15, -0.1) is 0 Å². The van der Waals surface area contributed by atoms with Crippen molar-refractivity contribution in [3.05, 3.63) is 76.4 Å². The van der Waals surface area contributed by atoms with E-state index < -0.39 is 23.8 Å². The number of hydrogen-bond acceptors (Lipinski definition) is 10. The Bertz CT molecular complexity index is 1770. The normalized spacial score (nSPS) is 19.0. The van der Waals surface area contributed by atoms with Crippen molar-refractivity contribution in [2.45, 2.75) is 103 Å². The molecule has 2 amide bonds. The summed E-state index contributed by atoms with van der Waals surface area (Å²) in [5, 5.41) is 6.82. The highest BCUT2D eigenvalue weighted by Crippen LogP contribution is 2.44. The number of halogens is 1. The molecule has 1 saturated carbocycles. The Morgan fingerprint density at radius 1 is 1.02 bits per heavy atom. The van der Waals surface area contributed by atoms with E-state index in [4.69, 9.17) is 35.5 Å². The van der Waals surface area contributed by atoms with Gasteiger partial charge in [0.05, 0.1) is 44.7 Å². The highest BCUT2D eigenvalue weighted by Gasteiger charge is 2.36. The topological polar surface area (TPSA) is 132 Å². The molecule has 0 spiro atoms. The predicted octanol–water partition coefficient (Wildman–Crippen LogP) is 7.25. The van der Waals surface area contributed by atoms with Crippen LogP contribution in [0.5, 0.6) is 11.5 Å². The van der Waals surface area contributed by atoms with Gasteiger partial charge in [-0.3, -0.25) is 14.5 Å². The lowest BCUT2D eigenvalue weighted by atomic mass is 9.85. The molecular formula is C42H56ClN5O7. The summed E-state index contributed by atoms with van der Waals surface area (Å²) < 4.78 is 22.1. The molecule has 0 bridgehead atoms. The molecule has 1 aromatic heterocycles. The van der Waals surface area contributed by atoms with Crippen molar-refractivity contribution in [1.29, 1.82) is 0 Å². The molecule has 2 heterocycles. The van der Waals surface area contributed by atoms with E-state index in [2.05, 4.69) is 15.5 Å². The maximum Gasteiger partial charge on any atom is 0.407 e. The summed E-state index contributed by atoms with van der Waals surface area (Å²) in [5.74, 6) is 2.09. The fraction of sp³-hybridized carbons (Fsp3) is 0.524. The van der Waals surface area contributed by atoms with E-state index in [1.807, 2.05) is 74.3 Å². The van der Waals surface area contributed by atoms with Crippen LogP contribution in [0.3, 0.4) is 0 Å². The van der Waals surface area contributed by atoms with Crippen LogP contribution in [0, 0.1) is 5.92 Å². The van der Waals surface area contributed by atoms with Crippen molar-refractivity contribution in [2.75, 3.05) is 44.2 Å². The van der Waals surface area contributed by atoms with Crippen molar-refractivity contribution >= 4 is 41.1 Å². The van der Waals surface area contributed by atoms with Gasteiger partial charge in [0, 0.05) is 31.2 Å². The van der Waals surface area contributed by atoms with Crippen molar-refractivity contribution in [2.24, 2.45) is 5.92 Å². The van der Waals surface area contributed by atoms with Gasteiger partial charge in [-0.2, -0.15) is 0 Å². The molecule has 1 unspecified atom stereocenters. The second-order valence-electron chi connectivity index (χ2n) is 15.7. The zero-order valence-electron chi connectivity index (χ0n) is 33.3. The summed E-state index contributed by atoms with van der Waals surface area (Å²) in [4.78, 5) is 47.4. The van der Waals surface area contributed by atoms with Gasteiger partial charge in [0.25, 0.3) is 0 Å². The first-order valence-corrected chi connectivity index (χ1v) is 19.5. The minimum atomic E-state index is -0.594. The highest BCUT2D eigenvalue weighted by molar-refractivity contribution is 6.30. The number of pyridine rings is 1. The number of esters is 1. The fourth-order valence-electron chi connectivity index (χ4n) is 7.40. The van der Waals surface area contributed by atoms with E-state index in [-0.39, 0.29) is 37.0 Å². The molecule has 1 fully saturated rings. The fourth-order valence-corrected chi connectivity index (χ4v) is 7.52. The van der Waals surface area contributed by atoms with Crippen LogP contribution in [-0.2, 0) is 25.5 Å². The Morgan fingerprint density at radius 2 is 1.73 bits per heavy atom. The van der Waals surface area contributed by atoms with Crippen LogP contribution in [0.15, 0.2) is 54.7 Å². The summed E-state index contributed by atoms with van der Waals surface area (Å²) in [6.07, 6.45) is 5.62. The summed E-state index contributed by atoms with van der Waals surface area (Å²) in [6.45, 7) is 10.5. The smallest absolute Gasteiger partial charge is 0.407 e. The Morgan fingerprint density at radius 3 is 2.33 bits per heavy atom. The summed E-state index contributed by atoms with van der Waals surface area (Å²) in [5.41, 5.74) is 2.87. The second-order valence-corrected chi connectivity index (χ2v) is 16.1. The molecule has 2 aliphatic rings. The standard InChI is InChI=1S/C42H56ClN5O7/c1-26(2)54-36-23-33-29(21-35(36)52-7)22-38(49)48(39(33)28-11-13-30(43)14-12-28)32-17-18-37(45-24-32)47(6)25-27-9-15-31(16-10-27)46-34(40(50)53-8)19-20-44-41(51)55-42(3,4)5/h11-14,17-18,21,23-24,26-27,31,34,39,46H,9-10,15-16,19-20,22,25H2,1-8H3,(H,44,51)/t27-,31-,34?,39-/m0/s1. The number of alkyl carbamates (subject to hydrolysis) is 1. The van der Waals surface area contributed by atoms with Gasteiger partial charge in [-0.1, -0.05) is 23.7 Å². The molecule has 5 rings (SSSR count). The van der Waals surface area contributed by atoms with Gasteiger partial charge in [-0.05, 0) is 126 Å². The summed E-state index contributed by atoms with van der Waals surface area (Å²) in [7, 11) is 5.03. The summed E-state index contributed by atoms with van der Waals surface area (Å²) in [6, 6.07) is 14.6. The predicted molar refractivity (Wildman–Crippen MR) is 214 cm³/mol. The maximum absolute atomic E-state index is 14.0. The minimum Gasteiger partial charge on any atom is -0.493 e. The van der Waals surface area contributed by atoms with Gasteiger partial charge in [0.15, 0.2) is 11.5 Å². The minimum absolute atomic E-state index is 0.0472. The third-order valence-corrected chi connectivity index (χ3v) is 10.2. The first-order chi connectivity index (χ1) is 26.1. The molecule has 0 saturated heterocycles. The third-order valence-electron chi connectivity index (χ3n) is 9.94. The first kappa shape index (κ1) is 41.6. The molecule has 2 atom stereocenters. The van der Waals surface area contributed by atoms with Gasteiger partial charge in [-0.25, -0.2) is 9.78 Å². The number of aromatic nitrogens is 1. The Balaban J connectivity index is 1.23. The number of nitrogens with zero attached hydrogens (tertiary/aromatic N) is 3. The number of anilines is 2. The number of methoxy groups -OCH3 is 2. The molecule has 55 heavy (non-hydrogen) atoms. The molecule has 1 aliphatic carbocycles. The molecule has 3 aromatic rings. The number of amides is 2. The molecule has 12 nitrogen and oxygen atoms in total. The molecular weight excluding hydrogens is 722 g/mol. The Labute approximate surface area is 330 Å². The van der Waals surface area contributed by atoms with Gasteiger partial charge < -0.3 is 34.5 Å². The van der Waals surface area contributed by atoms with Crippen molar-refractivity contribution < 1.29 is 33.3 Å². The number of hydrogen-bond donors (Lipinski definition) is 2. The average molecular weight is 778 g/mol. The molecule has 13 heteroatoms. The van der Waals surface area contributed by atoms with Crippen LogP contribution in [0.4, 0.5) is 16.3 Å². The number of rotatable bonds is 14. The second kappa shape index (κ2) is 18.4. The van der Waals surface area contributed by atoms with Crippen molar-refractivity contribution in [3.8, 4) is 11.5 Å². The molecule has 2 N–H and O–H groups in total. The van der Waals surface area contributed by atoms with Crippen molar-refractivity contribution in [3.63, 3.8) is 0 Å². The van der Waals surface area contributed by atoms with E-state index in [1.54, 1.807) is 34.1 Å². The summed E-state index contributed by atoms with van der Waals surface area (Å²) >= 11 is 6.29. The van der Waals surface area contributed by atoms with Gasteiger partial charge in [0.2, 0.25) is 5.91 Å². The van der Waals surface area contributed by atoms with E-state index in [0.717, 1.165) is 54.7 Å². The number of ether oxygens (including phenoxy) is 4. The van der Waals surface area contributed by atoms with Crippen LogP contribution < -0.4 is 29.9 Å². The lowest BCUT2D eigenvalue weighted by Crippen LogP contribution is -2.47. The number of carbonyl (C=O) groups excluding carboxylic acids is 3. The van der Waals surface area contributed by atoms with Crippen molar-refractivity contribution in [1.82, 2.24) is 15.6 Å². The van der Waals surface area contributed by atoms with E-state index in [9.17, 15) is 14.4 Å². The SMILES string of the molecule is COC(=O)C(CCNC(=O)OC(C)(C)C)N[C@H]1CC[C@H](CN(C)c2ccc(N3C(=O)Cc4cc(OC)c(OC(C)C)cc4[C@@H]3c3ccc(Cl)cc3)cn2)CC1. The van der Waals surface area contributed by atoms with E-state index in [1.165, 1.54) is 7.11 Å². The third kappa shape index (κ3) is 11.0. The molecule has 298 valence electrons. The monoisotopic (exact) mass is 777 g/mol. The lowest BCUT2D eigenvalue weighted by molar-refractivity contribution is -0.143. The number of fused-ring (bicyclic) bond motifs is 1. The van der Waals surface area contributed by atoms with Crippen LogP contribution in [0.1, 0.15) is 89.5 Å². The van der Waals surface area contributed by atoms with Crippen LogP contribution in [-0.4, -0.2) is 81.1 Å². The highest BCUT2D eigenvalue weighted by atomic mass is 35.5. The quantitative estimate of drug-likeness (QED) is 0.162. The first-order valence-electron chi connectivity index (χ1n) is 19.1. The molecule has 0 radical (unpaired) electrons. The van der Waals surface area contributed by atoms with Crippen LogP contribution in [0.25, 0.3) is 0 Å². The Hall–Kier alpha value is -4.55. The van der Waals surface area contributed by atoms with Crippen LogP contribution in [0.2, 0.25) is 5.02 Å². The van der Waals surface area contributed by atoms with E-state index in [0.29, 0.717) is 34.5 Å². The lowest BCUT2D eigenvalue weighted by Gasteiger charge is -2.38. The van der Waals surface area contributed by atoms with E-state index >= 15 is 0 Å².